The number of nitrogens with one attached hydrogen (secondary N) is 2. The number of aromatic nitrogens is 4. The molecule has 0 fully saturated rings. The number of imidazole rings is 1. The first-order valence-electron chi connectivity index (χ1n) is 7.55. The van der Waals surface area contributed by atoms with Gasteiger partial charge >= 0.3 is 11.7 Å². The first-order valence-corrected chi connectivity index (χ1v) is 8.34. The number of H-pyrrole nitrogens is 1. The standard InChI is InChI=1S/C15H20BrN5O3/c1-5-8(10(17)13(22)24-15(2,3)4)7-21-12-11(20-14(21)23)18-6-9(16)19-12/h6,8,17H,5,7H2,1-4H3,(H,18,20,23). The van der Waals surface area contributed by atoms with Crippen molar-refractivity contribution in [2.24, 2.45) is 5.92 Å². The van der Waals surface area contributed by atoms with Crippen LogP contribution in [-0.2, 0) is 16.1 Å². The van der Waals surface area contributed by atoms with E-state index in [1.54, 1.807) is 20.8 Å². The summed E-state index contributed by atoms with van der Waals surface area (Å²) >= 11 is 3.23. The van der Waals surface area contributed by atoms with E-state index in [9.17, 15) is 9.59 Å². The highest BCUT2D eigenvalue weighted by Crippen LogP contribution is 2.16. The van der Waals surface area contributed by atoms with Crippen LogP contribution in [0.15, 0.2) is 15.6 Å². The van der Waals surface area contributed by atoms with Gasteiger partial charge in [-0.2, -0.15) is 0 Å². The van der Waals surface area contributed by atoms with Crippen LogP contribution in [-0.4, -0.2) is 36.8 Å². The topological polar surface area (TPSA) is 114 Å². The summed E-state index contributed by atoms with van der Waals surface area (Å²) in [7, 11) is 0. The Labute approximate surface area is 147 Å². The van der Waals surface area contributed by atoms with Gasteiger partial charge in [-0.15, -0.1) is 0 Å². The quantitative estimate of drug-likeness (QED) is 0.593. The predicted molar refractivity (Wildman–Crippen MR) is 93.2 cm³/mol. The molecule has 1 atom stereocenters. The maximum atomic E-state index is 12.1. The summed E-state index contributed by atoms with van der Waals surface area (Å²) < 4.78 is 7.13. The molecular weight excluding hydrogens is 378 g/mol. The fraction of sp³-hybridized carbons (Fsp3) is 0.533. The molecule has 2 rings (SSSR count). The first kappa shape index (κ1) is 18.3. The van der Waals surface area contributed by atoms with Gasteiger partial charge in [0, 0.05) is 12.5 Å². The van der Waals surface area contributed by atoms with Crippen molar-refractivity contribution in [1.29, 1.82) is 5.41 Å². The van der Waals surface area contributed by atoms with Crippen LogP contribution in [0.2, 0.25) is 0 Å². The largest absolute Gasteiger partial charge is 0.455 e. The van der Waals surface area contributed by atoms with Crippen LogP contribution in [0.1, 0.15) is 34.1 Å². The molecule has 24 heavy (non-hydrogen) atoms. The number of esters is 1. The summed E-state index contributed by atoms with van der Waals surface area (Å²) in [4.78, 5) is 35.2. The highest BCUT2D eigenvalue weighted by atomic mass is 79.9. The summed E-state index contributed by atoms with van der Waals surface area (Å²) in [5, 5.41) is 8.11. The molecule has 0 aromatic carbocycles. The number of aromatic amines is 1. The summed E-state index contributed by atoms with van der Waals surface area (Å²) in [6.07, 6.45) is 2.00. The Bertz CT molecular complexity index is 834. The zero-order valence-corrected chi connectivity index (χ0v) is 15.6. The second-order valence-electron chi connectivity index (χ2n) is 6.43. The fourth-order valence-electron chi connectivity index (χ4n) is 2.21. The van der Waals surface area contributed by atoms with E-state index in [0.717, 1.165) is 0 Å². The molecule has 8 nitrogen and oxygen atoms in total. The molecule has 0 saturated carbocycles. The average molecular weight is 398 g/mol. The van der Waals surface area contributed by atoms with Crippen molar-refractivity contribution in [1.82, 2.24) is 19.5 Å². The minimum absolute atomic E-state index is 0.151. The van der Waals surface area contributed by atoms with Crippen LogP contribution in [0.5, 0.6) is 0 Å². The van der Waals surface area contributed by atoms with Gasteiger partial charge in [-0.25, -0.2) is 19.6 Å². The maximum absolute atomic E-state index is 12.1. The van der Waals surface area contributed by atoms with Gasteiger partial charge in [0.1, 0.15) is 15.9 Å². The van der Waals surface area contributed by atoms with E-state index < -0.39 is 17.5 Å². The number of rotatable bonds is 5. The predicted octanol–water partition coefficient (Wildman–Crippen LogP) is 2.27. The number of carbonyl (C=O) groups excluding carboxylic acids is 1. The zero-order chi connectivity index (χ0) is 18.1. The molecule has 0 amide bonds. The molecule has 9 heteroatoms. The number of nitrogens with zero attached hydrogens (tertiary/aromatic N) is 3. The summed E-state index contributed by atoms with van der Waals surface area (Å²) in [6, 6.07) is 0. The molecule has 0 aliphatic carbocycles. The molecule has 0 spiro atoms. The highest BCUT2D eigenvalue weighted by Gasteiger charge is 2.27. The van der Waals surface area contributed by atoms with Crippen molar-refractivity contribution in [3.8, 4) is 0 Å². The Morgan fingerprint density at radius 2 is 2.17 bits per heavy atom. The minimum Gasteiger partial charge on any atom is -0.455 e. The van der Waals surface area contributed by atoms with Crippen molar-refractivity contribution in [2.45, 2.75) is 46.3 Å². The molecule has 2 N–H and O–H groups in total. The third kappa shape index (κ3) is 4.08. The number of carbonyl (C=O) groups is 1. The molecule has 0 bridgehead atoms. The average Bonchev–Trinajstić information content (AvgIpc) is 2.77. The molecule has 130 valence electrons. The number of ether oxygens (including phenoxy) is 1. The second-order valence-corrected chi connectivity index (χ2v) is 7.24. The van der Waals surface area contributed by atoms with Gasteiger partial charge in [-0.1, -0.05) is 6.92 Å². The van der Waals surface area contributed by atoms with E-state index in [0.29, 0.717) is 22.3 Å². The third-order valence-electron chi connectivity index (χ3n) is 3.37. The summed E-state index contributed by atoms with van der Waals surface area (Å²) in [6.45, 7) is 7.24. The summed E-state index contributed by atoms with van der Waals surface area (Å²) in [5.74, 6) is -1.13. The molecular formula is C15H20BrN5O3. The van der Waals surface area contributed by atoms with Crippen molar-refractivity contribution < 1.29 is 9.53 Å². The minimum atomic E-state index is -0.672. The lowest BCUT2D eigenvalue weighted by atomic mass is 10.00. The lowest BCUT2D eigenvalue weighted by Crippen LogP contribution is -2.35. The van der Waals surface area contributed by atoms with Gasteiger partial charge in [0.15, 0.2) is 11.3 Å². The molecule has 0 aliphatic heterocycles. The number of halogens is 1. The smallest absolute Gasteiger partial charge is 0.352 e. The normalized spacial score (nSPS) is 13.0. The van der Waals surface area contributed by atoms with Crippen molar-refractivity contribution in [2.75, 3.05) is 0 Å². The number of fused-ring (bicyclic) bond motifs is 1. The molecule has 0 saturated heterocycles. The Hall–Kier alpha value is -2.03. The van der Waals surface area contributed by atoms with Crippen molar-refractivity contribution >= 4 is 38.9 Å². The molecule has 0 radical (unpaired) electrons. The van der Waals surface area contributed by atoms with Crippen LogP contribution in [0.3, 0.4) is 0 Å². The Morgan fingerprint density at radius 3 is 2.75 bits per heavy atom. The lowest BCUT2D eigenvalue weighted by Gasteiger charge is -2.22. The van der Waals surface area contributed by atoms with Crippen LogP contribution < -0.4 is 5.69 Å². The summed E-state index contributed by atoms with van der Waals surface area (Å²) in [5.41, 5.74) is -0.461. The van der Waals surface area contributed by atoms with Crippen LogP contribution in [0.4, 0.5) is 0 Å². The molecule has 2 aromatic rings. The van der Waals surface area contributed by atoms with Crippen LogP contribution in [0, 0.1) is 11.3 Å². The third-order valence-corrected chi connectivity index (χ3v) is 3.76. The van der Waals surface area contributed by atoms with E-state index >= 15 is 0 Å². The lowest BCUT2D eigenvalue weighted by molar-refractivity contribution is -0.146. The number of hydrogen-bond donors (Lipinski definition) is 2. The van der Waals surface area contributed by atoms with Gasteiger partial charge in [0.2, 0.25) is 0 Å². The van der Waals surface area contributed by atoms with Crippen LogP contribution in [0.25, 0.3) is 11.3 Å². The van der Waals surface area contributed by atoms with Crippen molar-refractivity contribution in [3.63, 3.8) is 0 Å². The van der Waals surface area contributed by atoms with Gasteiger partial charge in [0.25, 0.3) is 0 Å². The number of hydrogen-bond acceptors (Lipinski definition) is 6. The van der Waals surface area contributed by atoms with E-state index in [4.69, 9.17) is 10.1 Å². The van der Waals surface area contributed by atoms with Gasteiger partial charge in [-0.3, -0.25) is 15.0 Å². The molecule has 2 aromatic heterocycles. The Morgan fingerprint density at radius 1 is 1.50 bits per heavy atom. The molecule has 0 aliphatic rings. The van der Waals surface area contributed by atoms with Gasteiger partial charge < -0.3 is 4.74 Å². The van der Waals surface area contributed by atoms with Gasteiger partial charge in [0.05, 0.1) is 6.20 Å². The fourth-order valence-corrected chi connectivity index (χ4v) is 2.48. The van der Waals surface area contributed by atoms with Gasteiger partial charge in [-0.05, 0) is 43.1 Å². The molecule has 1 unspecified atom stereocenters. The van der Waals surface area contributed by atoms with Crippen LogP contribution >= 0.6 is 15.9 Å². The Balaban J connectivity index is 2.29. The Kier molecular flexibility index (Phi) is 5.22. The van der Waals surface area contributed by atoms with E-state index in [2.05, 4.69) is 30.9 Å². The first-order chi connectivity index (χ1) is 11.1. The SMILES string of the molecule is CCC(Cn1c(=O)[nH]c2ncc(Br)nc21)C(=N)C(=O)OC(C)(C)C. The van der Waals surface area contributed by atoms with E-state index in [1.807, 2.05) is 6.92 Å². The van der Waals surface area contributed by atoms with E-state index in [1.165, 1.54) is 10.8 Å². The zero-order valence-electron chi connectivity index (χ0n) is 14.0. The molecule has 2 heterocycles. The second kappa shape index (κ2) is 6.84. The highest BCUT2D eigenvalue weighted by molar-refractivity contribution is 9.10. The van der Waals surface area contributed by atoms with Crippen molar-refractivity contribution in [3.05, 3.63) is 21.3 Å². The monoisotopic (exact) mass is 397 g/mol. The maximum Gasteiger partial charge on any atom is 0.352 e. The van der Waals surface area contributed by atoms with E-state index in [-0.39, 0.29) is 17.9 Å².